The molecule has 2 heterocycles. The molecule has 0 fully saturated rings. The molecule has 20 heavy (non-hydrogen) atoms. The molecule has 2 aromatic carbocycles. The van der Waals surface area contributed by atoms with Crippen LogP contribution in [0.1, 0.15) is 0 Å². The Morgan fingerprint density at radius 1 is 1.00 bits per heavy atom. The number of fused-ring (bicyclic) bond motifs is 2. The Hall–Kier alpha value is -2.95. The van der Waals surface area contributed by atoms with Crippen molar-refractivity contribution in [3.05, 3.63) is 59.1 Å². The van der Waals surface area contributed by atoms with Gasteiger partial charge in [-0.3, -0.25) is 4.79 Å². The van der Waals surface area contributed by atoms with E-state index in [1.165, 1.54) is 6.33 Å². The zero-order chi connectivity index (χ0) is 13.5. The molecule has 0 atom stereocenters. The maximum Gasteiger partial charge on any atom is 0.258 e. The summed E-state index contributed by atoms with van der Waals surface area (Å²) in [6.45, 7) is 0. The van der Waals surface area contributed by atoms with Crippen molar-refractivity contribution >= 4 is 21.9 Å². The van der Waals surface area contributed by atoms with Gasteiger partial charge in [0.1, 0.15) is 5.82 Å². The minimum absolute atomic E-state index is 0.145. The molecular formula is C15H10N4O. The highest BCUT2D eigenvalue weighted by Gasteiger charge is 2.07. The third-order valence-electron chi connectivity index (χ3n) is 3.30. The van der Waals surface area contributed by atoms with Gasteiger partial charge in [0.15, 0.2) is 0 Å². The first-order valence-electron chi connectivity index (χ1n) is 6.24. The Labute approximate surface area is 113 Å². The van der Waals surface area contributed by atoms with Crippen LogP contribution in [0.2, 0.25) is 0 Å². The quantitative estimate of drug-likeness (QED) is 0.553. The van der Waals surface area contributed by atoms with Crippen LogP contribution in [0.15, 0.2) is 53.6 Å². The summed E-state index contributed by atoms with van der Waals surface area (Å²) in [7, 11) is 0. The summed E-state index contributed by atoms with van der Waals surface area (Å²) in [5, 5.41) is 0.561. The van der Waals surface area contributed by atoms with Crippen molar-refractivity contribution in [3.63, 3.8) is 0 Å². The van der Waals surface area contributed by atoms with E-state index in [0.29, 0.717) is 10.9 Å². The van der Waals surface area contributed by atoms with E-state index >= 15 is 0 Å². The van der Waals surface area contributed by atoms with Crippen molar-refractivity contribution in [2.75, 3.05) is 0 Å². The topological polar surface area (TPSA) is 74.4 Å². The molecule has 0 unspecified atom stereocenters. The molecule has 5 heteroatoms. The van der Waals surface area contributed by atoms with Crippen molar-refractivity contribution in [2.45, 2.75) is 0 Å². The van der Waals surface area contributed by atoms with Gasteiger partial charge in [-0.25, -0.2) is 9.97 Å². The lowest BCUT2D eigenvalue weighted by Crippen LogP contribution is -2.06. The third kappa shape index (κ3) is 1.60. The number of aromatic amines is 2. The second-order valence-corrected chi connectivity index (χ2v) is 4.57. The van der Waals surface area contributed by atoms with Gasteiger partial charge in [-0.1, -0.05) is 12.1 Å². The Kier molecular flexibility index (Phi) is 2.20. The van der Waals surface area contributed by atoms with Crippen LogP contribution in [0.4, 0.5) is 0 Å². The number of para-hydroxylation sites is 2. The Bertz CT molecular complexity index is 951. The standard InChI is InChI=1S/C15H10N4O/c20-15-10-7-9(5-6-11(10)16-8-17-15)14-18-12-3-1-2-4-13(12)19-14/h1-8H,(H,18,19)(H,16,17,20). The summed E-state index contributed by atoms with van der Waals surface area (Å²) in [5.74, 6) is 0.747. The maximum absolute atomic E-state index is 11.8. The average Bonchev–Trinajstić information content (AvgIpc) is 2.91. The fourth-order valence-electron chi connectivity index (χ4n) is 2.31. The van der Waals surface area contributed by atoms with Crippen LogP contribution in [-0.2, 0) is 0 Å². The molecule has 96 valence electrons. The predicted octanol–water partition coefficient (Wildman–Crippen LogP) is 2.47. The lowest BCUT2D eigenvalue weighted by molar-refractivity contribution is 1.17. The highest BCUT2D eigenvalue weighted by atomic mass is 16.1. The van der Waals surface area contributed by atoms with Gasteiger partial charge in [0.2, 0.25) is 0 Å². The Morgan fingerprint density at radius 3 is 2.80 bits per heavy atom. The zero-order valence-corrected chi connectivity index (χ0v) is 10.4. The predicted molar refractivity (Wildman–Crippen MR) is 77.5 cm³/mol. The van der Waals surface area contributed by atoms with Gasteiger partial charge < -0.3 is 9.97 Å². The van der Waals surface area contributed by atoms with Crippen LogP contribution in [0.25, 0.3) is 33.3 Å². The number of benzene rings is 2. The molecule has 0 radical (unpaired) electrons. The minimum Gasteiger partial charge on any atom is -0.338 e. The lowest BCUT2D eigenvalue weighted by Gasteiger charge is -1.99. The summed E-state index contributed by atoms with van der Waals surface area (Å²) in [6.07, 6.45) is 1.41. The number of hydrogen-bond donors (Lipinski definition) is 2. The molecule has 0 amide bonds. The van der Waals surface area contributed by atoms with E-state index in [1.807, 2.05) is 36.4 Å². The molecule has 0 spiro atoms. The Morgan fingerprint density at radius 2 is 1.90 bits per heavy atom. The molecule has 5 nitrogen and oxygen atoms in total. The van der Waals surface area contributed by atoms with Crippen LogP contribution in [0.5, 0.6) is 0 Å². The first-order chi connectivity index (χ1) is 9.81. The van der Waals surface area contributed by atoms with E-state index in [2.05, 4.69) is 19.9 Å². The average molecular weight is 262 g/mol. The van der Waals surface area contributed by atoms with Crippen molar-refractivity contribution < 1.29 is 0 Å². The van der Waals surface area contributed by atoms with Gasteiger partial charge >= 0.3 is 0 Å². The van der Waals surface area contributed by atoms with Crippen molar-refractivity contribution in [1.82, 2.24) is 19.9 Å². The van der Waals surface area contributed by atoms with Crippen LogP contribution in [0, 0.1) is 0 Å². The minimum atomic E-state index is -0.145. The molecular weight excluding hydrogens is 252 g/mol. The third-order valence-corrected chi connectivity index (χ3v) is 3.30. The summed E-state index contributed by atoms with van der Waals surface area (Å²) < 4.78 is 0. The molecule has 0 saturated carbocycles. The fourth-order valence-corrected chi connectivity index (χ4v) is 2.31. The molecule has 0 aliphatic heterocycles. The molecule has 0 aliphatic carbocycles. The van der Waals surface area contributed by atoms with E-state index in [-0.39, 0.29) is 5.56 Å². The largest absolute Gasteiger partial charge is 0.338 e. The number of imidazole rings is 1. The number of aromatic nitrogens is 4. The van der Waals surface area contributed by atoms with E-state index in [4.69, 9.17) is 0 Å². The van der Waals surface area contributed by atoms with Crippen LogP contribution >= 0.6 is 0 Å². The number of nitrogens with zero attached hydrogens (tertiary/aromatic N) is 2. The monoisotopic (exact) mass is 262 g/mol. The highest BCUT2D eigenvalue weighted by molar-refractivity contribution is 5.85. The van der Waals surface area contributed by atoms with Gasteiger partial charge in [-0.2, -0.15) is 0 Å². The first kappa shape index (κ1) is 10.9. The second kappa shape index (κ2) is 4.03. The van der Waals surface area contributed by atoms with Gasteiger partial charge in [0.05, 0.1) is 28.3 Å². The highest BCUT2D eigenvalue weighted by Crippen LogP contribution is 2.22. The van der Waals surface area contributed by atoms with Crippen LogP contribution in [-0.4, -0.2) is 19.9 Å². The van der Waals surface area contributed by atoms with Gasteiger partial charge in [0, 0.05) is 5.56 Å². The smallest absolute Gasteiger partial charge is 0.258 e. The molecule has 0 bridgehead atoms. The number of rotatable bonds is 1. The van der Waals surface area contributed by atoms with Crippen LogP contribution in [0.3, 0.4) is 0 Å². The summed E-state index contributed by atoms with van der Waals surface area (Å²) in [6, 6.07) is 13.4. The van der Waals surface area contributed by atoms with Gasteiger partial charge in [0.25, 0.3) is 5.56 Å². The van der Waals surface area contributed by atoms with E-state index in [1.54, 1.807) is 6.07 Å². The van der Waals surface area contributed by atoms with Crippen molar-refractivity contribution in [1.29, 1.82) is 0 Å². The normalized spacial score (nSPS) is 11.2. The maximum atomic E-state index is 11.8. The zero-order valence-electron chi connectivity index (χ0n) is 10.4. The summed E-state index contributed by atoms with van der Waals surface area (Å²) >= 11 is 0. The molecule has 0 aliphatic rings. The molecule has 0 saturated heterocycles. The van der Waals surface area contributed by atoms with Crippen molar-refractivity contribution in [3.8, 4) is 11.4 Å². The molecule has 4 aromatic rings. The summed E-state index contributed by atoms with van der Waals surface area (Å²) in [5.41, 5.74) is 3.28. The SMILES string of the molecule is O=c1[nH]cnc2ccc(-c3nc4ccccc4[nH]3)cc12. The van der Waals surface area contributed by atoms with Crippen LogP contribution < -0.4 is 5.56 Å². The van der Waals surface area contributed by atoms with Gasteiger partial charge in [-0.15, -0.1) is 0 Å². The van der Waals surface area contributed by atoms with E-state index in [9.17, 15) is 4.79 Å². The molecule has 2 aromatic heterocycles. The molecule has 4 rings (SSSR count). The Balaban J connectivity index is 1.97. The fraction of sp³-hybridized carbons (Fsp3) is 0. The van der Waals surface area contributed by atoms with E-state index < -0.39 is 0 Å². The number of H-pyrrole nitrogens is 2. The first-order valence-corrected chi connectivity index (χ1v) is 6.24. The lowest BCUT2D eigenvalue weighted by atomic mass is 10.1. The number of nitrogens with one attached hydrogen (secondary N) is 2. The summed E-state index contributed by atoms with van der Waals surface area (Å²) in [4.78, 5) is 26.3. The second-order valence-electron chi connectivity index (χ2n) is 4.57. The molecule has 2 N–H and O–H groups in total. The number of hydrogen-bond acceptors (Lipinski definition) is 3. The van der Waals surface area contributed by atoms with Gasteiger partial charge in [-0.05, 0) is 30.3 Å². The van der Waals surface area contributed by atoms with Crippen molar-refractivity contribution in [2.24, 2.45) is 0 Å². The van der Waals surface area contributed by atoms with E-state index in [0.717, 1.165) is 22.4 Å².